The highest BCUT2D eigenvalue weighted by molar-refractivity contribution is 6.32. The Bertz CT molecular complexity index is 885. The topological polar surface area (TPSA) is 39.4 Å². The van der Waals surface area contributed by atoms with E-state index in [-0.39, 0.29) is 0 Å². The van der Waals surface area contributed by atoms with Crippen molar-refractivity contribution in [2.45, 2.75) is 13.8 Å². The van der Waals surface area contributed by atoms with E-state index < -0.39 is 0 Å². The quantitative estimate of drug-likeness (QED) is 0.634. The van der Waals surface area contributed by atoms with E-state index in [4.69, 9.17) is 16.3 Å². The maximum Gasteiger partial charge on any atom is 0.137 e. The van der Waals surface area contributed by atoms with Crippen LogP contribution in [0.2, 0.25) is 5.02 Å². The minimum atomic E-state index is 0.547. The Morgan fingerprint density at radius 2 is 2.00 bits per heavy atom. The van der Waals surface area contributed by atoms with E-state index in [1.54, 1.807) is 19.4 Å². The number of halogens is 1. The molecule has 3 aromatic rings. The molecule has 2 aromatic heterocycles. The maximum absolute atomic E-state index is 6.14. The van der Waals surface area contributed by atoms with E-state index in [0.717, 1.165) is 28.5 Å². The fourth-order valence-electron chi connectivity index (χ4n) is 2.64. The zero-order valence-corrected chi connectivity index (χ0v) is 14.6. The smallest absolute Gasteiger partial charge is 0.137 e. The monoisotopic (exact) mass is 339 g/mol. The molecule has 122 valence electrons. The highest BCUT2D eigenvalue weighted by Gasteiger charge is 2.10. The molecule has 0 radical (unpaired) electrons. The van der Waals surface area contributed by atoms with Crippen LogP contribution in [0.5, 0.6) is 5.75 Å². The van der Waals surface area contributed by atoms with Crippen LogP contribution in [-0.2, 0) is 0 Å². The molecule has 0 bridgehead atoms. The number of aromatic nitrogens is 2. The van der Waals surface area contributed by atoms with Gasteiger partial charge in [-0.15, -0.1) is 0 Å². The van der Waals surface area contributed by atoms with Gasteiger partial charge in [0.2, 0.25) is 0 Å². The molecular formula is C19H18ClN3O. The van der Waals surface area contributed by atoms with Gasteiger partial charge < -0.3 is 9.30 Å². The van der Waals surface area contributed by atoms with Crippen molar-refractivity contribution in [3.8, 4) is 11.6 Å². The summed E-state index contributed by atoms with van der Waals surface area (Å²) in [5.41, 5.74) is 4.03. The number of hydrogen-bond donors (Lipinski definition) is 0. The fourth-order valence-corrected chi connectivity index (χ4v) is 2.89. The lowest BCUT2D eigenvalue weighted by Gasteiger charge is -2.07. The minimum Gasteiger partial charge on any atom is -0.495 e. The second-order valence-corrected chi connectivity index (χ2v) is 5.83. The van der Waals surface area contributed by atoms with E-state index in [2.05, 4.69) is 34.5 Å². The molecule has 0 aliphatic heterocycles. The molecule has 0 fully saturated rings. The molecule has 0 spiro atoms. The predicted molar refractivity (Wildman–Crippen MR) is 98.3 cm³/mol. The summed E-state index contributed by atoms with van der Waals surface area (Å²) in [5, 5.41) is 0.547. The molecule has 0 saturated carbocycles. The Morgan fingerprint density at radius 1 is 1.17 bits per heavy atom. The maximum atomic E-state index is 6.14. The van der Waals surface area contributed by atoms with Crippen molar-refractivity contribution in [1.82, 2.24) is 9.55 Å². The first-order valence-electron chi connectivity index (χ1n) is 7.58. The number of rotatable bonds is 4. The predicted octanol–water partition coefficient (Wildman–Crippen LogP) is 4.90. The molecule has 2 heterocycles. The summed E-state index contributed by atoms with van der Waals surface area (Å²) in [4.78, 5) is 8.94. The van der Waals surface area contributed by atoms with Crippen molar-refractivity contribution in [1.29, 1.82) is 0 Å². The first-order valence-corrected chi connectivity index (χ1v) is 7.96. The van der Waals surface area contributed by atoms with Crippen LogP contribution < -0.4 is 4.74 Å². The number of benzene rings is 1. The molecule has 0 aliphatic carbocycles. The Kier molecular flexibility index (Phi) is 4.67. The van der Waals surface area contributed by atoms with Crippen LogP contribution in [0.1, 0.15) is 17.0 Å². The summed E-state index contributed by atoms with van der Waals surface area (Å²) in [6.07, 6.45) is 3.64. The van der Waals surface area contributed by atoms with Gasteiger partial charge in [-0.3, -0.25) is 4.99 Å². The van der Waals surface area contributed by atoms with Gasteiger partial charge in [0, 0.05) is 29.4 Å². The van der Waals surface area contributed by atoms with Crippen LogP contribution >= 0.6 is 11.6 Å². The van der Waals surface area contributed by atoms with Crippen LogP contribution in [0.15, 0.2) is 53.7 Å². The summed E-state index contributed by atoms with van der Waals surface area (Å²) < 4.78 is 7.27. The third-order valence-electron chi connectivity index (χ3n) is 3.84. The number of methoxy groups -OCH3 is 1. The number of nitrogens with zero attached hydrogens (tertiary/aromatic N) is 3. The van der Waals surface area contributed by atoms with Gasteiger partial charge in [0.05, 0.1) is 17.8 Å². The average Bonchev–Trinajstić information content (AvgIpc) is 2.87. The normalized spacial score (nSPS) is 11.2. The van der Waals surface area contributed by atoms with Crippen LogP contribution in [0.3, 0.4) is 0 Å². The molecule has 0 N–H and O–H groups in total. The van der Waals surface area contributed by atoms with E-state index in [1.165, 1.54) is 0 Å². The summed E-state index contributed by atoms with van der Waals surface area (Å²) in [5.74, 6) is 1.54. The van der Waals surface area contributed by atoms with E-state index in [9.17, 15) is 0 Å². The van der Waals surface area contributed by atoms with Crippen molar-refractivity contribution >= 4 is 23.5 Å². The van der Waals surface area contributed by atoms with Crippen molar-refractivity contribution < 1.29 is 4.74 Å². The molecule has 0 atom stereocenters. The van der Waals surface area contributed by atoms with Gasteiger partial charge in [0.15, 0.2) is 0 Å². The molecule has 1 aromatic carbocycles. The van der Waals surface area contributed by atoms with Gasteiger partial charge in [0.1, 0.15) is 11.6 Å². The number of ether oxygens (including phenoxy) is 1. The molecule has 0 aliphatic rings. The second kappa shape index (κ2) is 6.89. The van der Waals surface area contributed by atoms with E-state index in [0.29, 0.717) is 10.8 Å². The first kappa shape index (κ1) is 16.3. The molecule has 4 nitrogen and oxygen atoms in total. The SMILES string of the molecule is COc1ccc(N=Cc2cc(C)n(-c3ccccn3)c2C)cc1Cl. The molecule has 0 unspecified atom stereocenters. The Morgan fingerprint density at radius 3 is 2.67 bits per heavy atom. The third kappa shape index (κ3) is 3.19. The lowest BCUT2D eigenvalue weighted by molar-refractivity contribution is 0.415. The minimum absolute atomic E-state index is 0.547. The molecule has 0 saturated heterocycles. The zero-order chi connectivity index (χ0) is 17.1. The standard InChI is InChI=1S/C19H18ClN3O/c1-13-10-15(14(2)23(13)19-6-4-5-9-21-19)12-22-16-7-8-18(24-3)17(20)11-16/h4-12H,1-3H3. The lowest BCUT2D eigenvalue weighted by Crippen LogP contribution is -2.01. The summed E-state index contributed by atoms with van der Waals surface area (Å²) in [6, 6.07) is 13.4. The van der Waals surface area contributed by atoms with Gasteiger partial charge >= 0.3 is 0 Å². The third-order valence-corrected chi connectivity index (χ3v) is 4.13. The zero-order valence-electron chi connectivity index (χ0n) is 13.8. The second-order valence-electron chi connectivity index (χ2n) is 5.43. The molecule has 3 rings (SSSR count). The van der Waals surface area contributed by atoms with Crippen molar-refractivity contribution in [2.75, 3.05) is 7.11 Å². The van der Waals surface area contributed by atoms with Crippen molar-refractivity contribution in [3.05, 3.63) is 70.6 Å². The number of pyridine rings is 1. The Hall–Kier alpha value is -2.59. The fraction of sp³-hybridized carbons (Fsp3) is 0.158. The molecule has 0 amide bonds. The highest BCUT2D eigenvalue weighted by atomic mass is 35.5. The van der Waals surface area contributed by atoms with Crippen LogP contribution in [-0.4, -0.2) is 22.9 Å². The molecule has 24 heavy (non-hydrogen) atoms. The number of aliphatic imine (C=N–C) groups is 1. The number of hydrogen-bond acceptors (Lipinski definition) is 3. The lowest BCUT2D eigenvalue weighted by atomic mass is 10.2. The Balaban J connectivity index is 1.93. The van der Waals surface area contributed by atoms with Crippen molar-refractivity contribution in [2.24, 2.45) is 4.99 Å². The molecular weight excluding hydrogens is 322 g/mol. The van der Waals surface area contributed by atoms with Gasteiger partial charge in [-0.2, -0.15) is 0 Å². The van der Waals surface area contributed by atoms with Crippen LogP contribution in [0.4, 0.5) is 5.69 Å². The van der Waals surface area contributed by atoms with Crippen LogP contribution in [0, 0.1) is 13.8 Å². The molecule has 5 heteroatoms. The largest absolute Gasteiger partial charge is 0.495 e. The highest BCUT2D eigenvalue weighted by Crippen LogP contribution is 2.28. The number of aryl methyl sites for hydroxylation is 1. The summed E-state index contributed by atoms with van der Waals surface area (Å²) in [7, 11) is 1.59. The van der Waals surface area contributed by atoms with Crippen LogP contribution in [0.25, 0.3) is 5.82 Å². The van der Waals surface area contributed by atoms with Gasteiger partial charge in [-0.25, -0.2) is 4.98 Å². The first-order chi connectivity index (χ1) is 11.6. The van der Waals surface area contributed by atoms with Gasteiger partial charge in [-0.05, 0) is 50.2 Å². The van der Waals surface area contributed by atoms with E-state index in [1.807, 2.05) is 36.5 Å². The average molecular weight is 340 g/mol. The summed E-state index contributed by atoms with van der Waals surface area (Å²) in [6.45, 7) is 4.12. The van der Waals surface area contributed by atoms with Gasteiger partial charge in [-0.1, -0.05) is 17.7 Å². The van der Waals surface area contributed by atoms with Crippen molar-refractivity contribution in [3.63, 3.8) is 0 Å². The summed E-state index contributed by atoms with van der Waals surface area (Å²) >= 11 is 6.14. The Labute approximate surface area is 146 Å². The van der Waals surface area contributed by atoms with E-state index >= 15 is 0 Å². The van der Waals surface area contributed by atoms with Gasteiger partial charge in [0.25, 0.3) is 0 Å².